The van der Waals surface area contributed by atoms with E-state index in [0.717, 1.165) is 11.1 Å². The monoisotopic (exact) mass is 261 g/mol. The predicted octanol–water partition coefficient (Wildman–Crippen LogP) is 3.82. The van der Waals surface area contributed by atoms with Gasteiger partial charge >= 0.3 is 0 Å². The van der Waals surface area contributed by atoms with E-state index in [0.29, 0.717) is 12.0 Å². The van der Waals surface area contributed by atoms with Crippen LogP contribution in [0, 0.1) is 25.5 Å². The van der Waals surface area contributed by atoms with Crippen LogP contribution in [0.25, 0.3) is 0 Å². The molecule has 0 heterocycles. The maximum Gasteiger partial charge on any atom is 0.133 e. The Labute approximate surface area is 112 Å². The first-order valence-electron chi connectivity index (χ1n) is 6.24. The Bertz CT molecular complexity index is 593. The zero-order valence-electron chi connectivity index (χ0n) is 11.1. The highest BCUT2D eigenvalue weighted by molar-refractivity contribution is 5.31. The molecule has 2 aromatic carbocycles. The molecule has 0 saturated carbocycles. The lowest BCUT2D eigenvalue weighted by molar-refractivity contribution is 0.520. The Morgan fingerprint density at radius 3 is 2.53 bits per heavy atom. The summed E-state index contributed by atoms with van der Waals surface area (Å²) in [7, 11) is 0. The largest absolute Gasteiger partial charge is 0.323 e. The molecule has 0 spiro atoms. The molecule has 0 amide bonds. The van der Waals surface area contributed by atoms with E-state index in [1.165, 1.54) is 12.1 Å². The Balaban J connectivity index is 2.30. The fraction of sp³-hybridized carbons (Fsp3) is 0.250. The average Bonchev–Trinajstić information content (AvgIpc) is 2.34. The Kier molecular flexibility index (Phi) is 3.96. The average molecular weight is 261 g/mol. The zero-order valence-corrected chi connectivity index (χ0v) is 11.1. The summed E-state index contributed by atoms with van der Waals surface area (Å²) in [6, 6.07) is 9.80. The van der Waals surface area contributed by atoms with E-state index in [1.54, 1.807) is 6.92 Å². The van der Waals surface area contributed by atoms with Crippen molar-refractivity contribution in [3.63, 3.8) is 0 Å². The van der Waals surface area contributed by atoms with Crippen LogP contribution in [0.4, 0.5) is 8.78 Å². The molecule has 2 rings (SSSR count). The third kappa shape index (κ3) is 2.99. The summed E-state index contributed by atoms with van der Waals surface area (Å²) in [4.78, 5) is 0. The van der Waals surface area contributed by atoms with Crippen LogP contribution in [0.3, 0.4) is 0 Å². The van der Waals surface area contributed by atoms with Crippen molar-refractivity contribution in [1.29, 1.82) is 0 Å². The van der Waals surface area contributed by atoms with Crippen LogP contribution in [0.15, 0.2) is 36.4 Å². The van der Waals surface area contributed by atoms with Crippen LogP contribution in [0.1, 0.15) is 28.3 Å². The summed E-state index contributed by atoms with van der Waals surface area (Å²) < 4.78 is 27.7. The number of nitrogens with two attached hydrogens (primary N) is 1. The van der Waals surface area contributed by atoms with Gasteiger partial charge in [0, 0.05) is 11.6 Å². The number of rotatable bonds is 3. The Morgan fingerprint density at radius 2 is 1.84 bits per heavy atom. The third-order valence-electron chi connectivity index (χ3n) is 3.23. The molecule has 0 aliphatic carbocycles. The number of hydrogen-bond acceptors (Lipinski definition) is 1. The minimum Gasteiger partial charge on any atom is -0.323 e. The van der Waals surface area contributed by atoms with Crippen LogP contribution in [-0.4, -0.2) is 0 Å². The number of benzene rings is 2. The summed E-state index contributed by atoms with van der Waals surface area (Å²) in [6.07, 6.45) is 0.416. The van der Waals surface area contributed by atoms with E-state index < -0.39 is 17.7 Å². The minimum atomic E-state index is -0.679. The van der Waals surface area contributed by atoms with Crippen molar-refractivity contribution in [2.24, 2.45) is 5.73 Å². The van der Waals surface area contributed by atoms with Crippen LogP contribution in [0.5, 0.6) is 0 Å². The van der Waals surface area contributed by atoms with Gasteiger partial charge in [0.1, 0.15) is 11.6 Å². The predicted molar refractivity (Wildman–Crippen MR) is 72.9 cm³/mol. The molecule has 0 saturated heterocycles. The molecule has 3 heteroatoms. The minimum absolute atomic E-state index is 0.0264. The molecule has 1 unspecified atom stereocenters. The zero-order chi connectivity index (χ0) is 14.0. The highest BCUT2D eigenvalue weighted by atomic mass is 19.1. The third-order valence-corrected chi connectivity index (χ3v) is 3.23. The molecule has 2 aromatic rings. The highest BCUT2D eigenvalue weighted by Crippen LogP contribution is 2.24. The summed E-state index contributed by atoms with van der Waals surface area (Å²) in [5, 5.41) is 0. The molecule has 100 valence electrons. The lowest BCUT2D eigenvalue weighted by Gasteiger charge is -2.15. The molecule has 0 aromatic heterocycles. The lowest BCUT2D eigenvalue weighted by atomic mass is 9.96. The topological polar surface area (TPSA) is 26.0 Å². The first-order valence-corrected chi connectivity index (χ1v) is 6.24. The van der Waals surface area contributed by atoms with Gasteiger partial charge in [-0.1, -0.05) is 35.9 Å². The van der Waals surface area contributed by atoms with Gasteiger partial charge in [0.2, 0.25) is 0 Å². The van der Waals surface area contributed by atoms with Gasteiger partial charge < -0.3 is 5.73 Å². The molecular weight excluding hydrogens is 244 g/mol. The second-order valence-corrected chi connectivity index (χ2v) is 4.89. The summed E-state index contributed by atoms with van der Waals surface area (Å²) >= 11 is 0. The molecule has 1 atom stereocenters. The number of aryl methyl sites for hydroxylation is 2. The summed E-state index contributed by atoms with van der Waals surface area (Å²) in [5.74, 6) is -1.12. The molecule has 0 aliphatic rings. The van der Waals surface area contributed by atoms with Crippen LogP contribution < -0.4 is 5.73 Å². The van der Waals surface area contributed by atoms with Crippen LogP contribution >= 0.6 is 0 Å². The van der Waals surface area contributed by atoms with Crippen LogP contribution in [-0.2, 0) is 6.42 Å². The Morgan fingerprint density at radius 1 is 1.11 bits per heavy atom. The fourth-order valence-electron chi connectivity index (χ4n) is 2.21. The van der Waals surface area contributed by atoms with Crippen molar-refractivity contribution in [1.82, 2.24) is 0 Å². The Hall–Kier alpha value is -1.74. The van der Waals surface area contributed by atoms with Gasteiger partial charge in [0.05, 0.1) is 0 Å². The standard InChI is InChI=1S/C16H17F2N/c1-10-4-3-5-12(8-10)9-14(19)15-13(17)7-6-11(2)16(15)18/h3-8,14H,9,19H2,1-2H3. The first kappa shape index (κ1) is 13.7. The van der Waals surface area contributed by atoms with Gasteiger partial charge in [-0.3, -0.25) is 0 Å². The van der Waals surface area contributed by atoms with E-state index in [1.807, 2.05) is 31.2 Å². The van der Waals surface area contributed by atoms with Gasteiger partial charge in [-0.15, -0.1) is 0 Å². The van der Waals surface area contributed by atoms with Crippen molar-refractivity contribution in [3.8, 4) is 0 Å². The van der Waals surface area contributed by atoms with Crippen LogP contribution in [0.2, 0.25) is 0 Å². The maximum atomic E-state index is 14.0. The second kappa shape index (κ2) is 5.49. The van der Waals surface area contributed by atoms with E-state index in [2.05, 4.69) is 0 Å². The van der Waals surface area contributed by atoms with E-state index in [4.69, 9.17) is 5.73 Å². The molecule has 19 heavy (non-hydrogen) atoms. The van der Waals surface area contributed by atoms with Gasteiger partial charge in [-0.25, -0.2) is 8.78 Å². The van der Waals surface area contributed by atoms with Crippen molar-refractivity contribution in [3.05, 3.63) is 70.3 Å². The molecule has 0 bridgehead atoms. The molecular formula is C16H17F2N. The molecule has 0 radical (unpaired) electrons. The SMILES string of the molecule is Cc1cccc(CC(N)c2c(F)ccc(C)c2F)c1. The quantitative estimate of drug-likeness (QED) is 0.893. The highest BCUT2D eigenvalue weighted by Gasteiger charge is 2.18. The molecule has 0 fully saturated rings. The molecule has 1 nitrogen and oxygen atoms in total. The van der Waals surface area contributed by atoms with Gasteiger partial charge in [-0.05, 0) is 37.5 Å². The molecule has 2 N–H and O–H groups in total. The number of halogens is 2. The molecule has 0 aliphatic heterocycles. The van der Waals surface area contributed by atoms with E-state index in [9.17, 15) is 8.78 Å². The lowest BCUT2D eigenvalue weighted by Crippen LogP contribution is -2.17. The summed E-state index contributed by atoms with van der Waals surface area (Å²) in [5.41, 5.74) is 8.44. The summed E-state index contributed by atoms with van der Waals surface area (Å²) in [6.45, 7) is 3.58. The van der Waals surface area contributed by atoms with E-state index in [-0.39, 0.29) is 5.56 Å². The normalized spacial score (nSPS) is 12.5. The van der Waals surface area contributed by atoms with Gasteiger partial charge in [0.15, 0.2) is 0 Å². The van der Waals surface area contributed by atoms with Crippen molar-refractivity contribution >= 4 is 0 Å². The van der Waals surface area contributed by atoms with Crippen molar-refractivity contribution in [2.45, 2.75) is 26.3 Å². The maximum absolute atomic E-state index is 14.0. The first-order chi connectivity index (χ1) is 8.99. The number of hydrogen-bond donors (Lipinski definition) is 1. The van der Waals surface area contributed by atoms with Gasteiger partial charge in [0.25, 0.3) is 0 Å². The smallest absolute Gasteiger partial charge is 0.133 e. The fourth-order valence-corrected chi connectivity index (χ4v) is 2.21. The van der Waals surface area contributed by atoms with Gasteiger partial charge in [-0.2, -0.15) is 0 Å². The van der Waals surface area contributed by atoms with Crippen molar-refractivity contribution < 1.29 is 8.78 Å². The second-order valence-electron chi connectivity index (χ2n) is 4.89. The van der Waals surface area contributed by atoms with E-state index >= 15 is 0 Å². The van der Waals surface area contributed by atoms with Crippen molar-refractivity contribution in [2.75, 3.05) is 0 Å².